The molecular weight excluding hydrogens is 382 g/mol. The van der Waals surface area contributed by atoms with Crippen molar-refractivity contribution >= 4 is 17.5 Å². The van der Waals surface area contributed by atoms with E-state index >= 15 is 0 Å². The predicted octanol–water partition coefficient (Wildman–Crippen LogP) is 1.47. The number of hydrogen-bond donors (Lipinski definition) is 2. The van der Waals surface area contributed by atoms with Gasteiger partial charge in [-0.25, -0.2) is 0 Å². The van der Waals surface area contributed by atoms with Crippen molar-refractivity contribution in [3.63, 3.8) is 0 Å². The van der Waals surface area contributed by atoms with Crippen LogP contribution in [0.2, 0.25) is 0 Å². The number of piperazine rings is 1. The molecule has 3 rings (SSSR count). The second kappa shape index (κ2) is 10.3. The number of hydrogen-bond acceptors (Lipinski definition) is 5. The molecule has 1 aromatic carbocycles. The Bertz CT molecular complexity index is 841. The topological polar surface area (TPSA) is 78.8 Å². The molecule has 162 valence electrons. The second-order valence-corrected chi connectivity index (χ2v) is 7.52. The van der Waals surface area contributed by atoms with Crippen LogP contribution in [0.25, 0.3) is 0 Å². The van der Waals surface area contributed by atoms with Crippen LogP contribution in [0.4, 0.5) is 5.69 Å². The van der Waals surface area contributed by atoms with Gasteiger partial charge in [0, 0.05) is 57.3 Å². The summed E-state index contributed by atoms with van der Waals surface area (Å²) in [5.74, 6) is -0.599. The van der Waals surface area contributed by atoms with Crippen LogP contribution >= 0.6 is 0 Å². The Labute approximate surface area is 177 Å². The van der Waals surface area contributed by atoms with Crippen molar-refractivity contribution in [2.24, 2.45) is 7.05 Å². The van der Waals surface area contributed by atoms with Crippen molar-refractivity contribution in [3.8, 4) is 5.75 Å². The molecule has 1 aliphatic heterocycles. The summed E-state index contributed by atoms with van der Waals surface area (Å²) >= 11 is 0. The largest absolute Gasteiger partial charge is 0.494 e. The molecule has 0 saturated carbocycles. The van der Waals surface area contributed by atoms with Gasteiger partial charge in [0.1, 0.15) is 5.75 Å². The van der Waals surface area contributed by atoms with Crippen LogP contribution in [-0.2, 0) is 16.6 Å². The van der Waals surface area contributed by atoms with Gasteiger partial charge in [0.25, 0.3) is 0 Å². The van der Waals surface area contributed by atoms with Gasteiger partial charge in [-0.05, 0) is 50.4 Å². The Morgan fingerprint density at radius 3 is 2.33 bits per heavy atom. The van der Waals surface area contributed by atoms with Crippen LogP contribution in [0.3, 0.4) is 0 Å². The molecule has 8 nitrogen and oxygen atoms in total. The smallest absolute Gasteiger partial charge is 0.313 e. The van der Waals surface area contributed by atoms with E-state index in [4.69, 9.17) is 4.74 Å². The van der Waals surface area contributed by atoms with Crippen molar-refractivity contribution in [1.82, 2.24) is 19.7 Å². The third kappa shape index (κ3) is 5.61. The molecule has 0 bridgehead atoms. The fourth-order valence-corrected chi connectivity index (χ4v) is 3.63. The lowest BCUT2D eigenvalue weighted by Crippen LogP contribution is -2.49. The molecule has 0 aliphatic carbocycles. The van der Waals surface area contributed by atoms with Gasteiger partial charge in [-0.1, -0.05) is 0 Å². The van der Waals surface area contributed by atoms with Crippen LogP contribution in [0, 0.1) is 0 Å². The fourth-order valence-electron chi connectivity index (χ4n) is 3.63. The molecule has 2 N–H and O–H groups in total. The molecule has 2 amide bonds. The highest BCUT2D eigenvalue weighted by atomic mass is 16.5. The molecular formula is C22H31N5O3. The minimum absolute atomic E-state index is 0.0147. The average Bonchev–Trinajstić information content (AvgIpc) is 3.16. The summed E-state index contributed by atoms with van der Waals surface area (Å²) in [5.41, 5.74) is 1.67. The number of nitrogens with zero attached hydrogens (tertiary/aromatic N) is 3. The lowest BCUT2D eigenvalue weighted by molar-refractivity contribution is -0.136. The van der Waals surface area contributed by atoms with Gasteiger partial charge in [0.2, 0.25) is 0 Å². The van der Waals surface area contributed by atoms with Gasteiger partial charge in [0.05, 0.1) is 12.6 Å². The highest BCUT2D eigenvalue weighted by molar-refractivity contribution is 6.39. The summed E-state index contributed by atoms with van der Waals surface area (Å²) in [6, 6.07) is 11.0. The first-order chi connectivity index (χ1) is 14.5. The van der Waals surface area contributed by atoms with Crippen LogP contribution in [0.5, 0.6) is 5.75 Å². The maximum Gasteiger partial charge on any atom is 0.313 e. The van der Waals surface area contributed by atoms with Crippen molar-refractivity contribution in [1.29, 1.82) is 0 Å². The SMILES string of the molecule is CCOc1ccc(NC(=O)C(=O)NCC(c2cccn2C)N2CCN(C)CC2)cc1. The summed E-state index contributed by atoms with van der Waals surface area (Å²) in [5, 5.41) is 5.45. The van der Waals surface area contributed by atoms with Gasteiger partial charge >= 0.3 is 11.8 Å². The molecule has 1 fully saturated rings. The number of amides is 2. The van der Waals surface area contributed by atoms with Crippen molar-refractivity contribution in [2.45, 2.75) is 13.0 Å². The summed E-state index contributed by atoms with van der Waals surface area (Å²) in [7, 11) is 4.11. The van der Waals surface area contributed by atoms with Gasteiger partial charge in [-0.3, -0.25) is 14.5 Å². The average molecular weight is 414 g/mol. The van der Waals surface area contributed by atoms with E-state index in [1.54, 1.807) is 24.3 Å². The molecule has 0 spiro atoms. The van der Waals surface area contributed by atoms with Crippen molar-refractivity contribution in [3.05, 3.63) is 48.3 Å². The van der Waals surface area contributed by atoms with Gasteiger partial charge in [-0.2, -0.15) is 0 Å². The number of likely N-dealkylation sites (N-methyl/N-ethyl adjacent to an activating group) is 1. The fraction of sp³-hybridized carbons (Fsp3) is 0.455. The summed E-state index contributed by atoms with van der Waals surface area (Å²) in [6.45, 7) is 6.65. The lowest BCUT2D eigenvalue weighted by Gasteiger charge is -2.38. The second-order valence-electron chi connectivity index (χ2n) is 7.52. The highest BCUT2D eigenvalue weighted by Crippen LogP contribution is 2.22. The van der Waals surface area contributed by atoms with E-state index in [1.165, 1.54) is 0 Å². The number of aromatic nitrogens is 1. The van der Waals surface area contributed by atoms with Crippen molar-refractivity contribution < 1.29 is 14.3 Å². The Morgan fingerprint density at radius 1 is 1.03 bits per heavy atom. The molecule has 2 aromatic rings. The molecule has 8 heteroatoms. The molecule has 1 saturated heterocycles. The Kier molecular flexibility index (Phi) is 7.48. The zero-order valence-electron chi connectivity index (χ0n) is 17.9. The van der Waals surface area contributed by atoms with Crippen LogP contribution in [0.1, 0.15) is 18.7 Å². The summed E-state index contributed by atoms with van der Waals surface area (Å²) in [4.78, 5) is 29.4. The maximum atomic E-state index is 12.4. The van der Waals surface area contributed by atoms with E-state index in [0.717, 1.165) is 37.6 Å². The minimum Gasteiger partial charge on any atom is -0.494 e. The number of carbonyl (C=O) groups excluding carboxylic acids is 2. The Morgan fingerprint density at radius 2 is 1.73 bits per heavy atom. The van der Waals surface area contributed by atoms with E-state index in [1.807, 2.05) is 26.2 Å². The third-order valence-corrected chi connectivity index (χ3v) is 5.39. The number of nitrogens with one attached hydrogen (secondary N) is 2. The molecule has 1 aliphatic rings. The van der Waals surface area contributed by atoms with E-state index < -0.39 is 11.8 Å². The first-order valence-electron chi connectivity index (χ1n) is 10.3. The maximum absolute atomic E-state index is 12.4. The number of anilines is 1. The monoisotopic (exact) mass is 413 g/mol. The van der Waals surface area contributed by atoms with E-state index in [-0.39, 0.29) is 6.04 Å². The number of rotatable bonds is 7. The first kappa shape index (κ1) is 21.9. The molecule has 1 atom stereocenters. The first-order valence-corrected chi connectivity index (χ1v) is 10.3. The van der Waals surface area contributed by atoms with E-state index in [0.29, 0.717) is 18.8 Å². The van der Waals surface area contributed by atoms with Crippen molar-refractivity contribution in [2.75, 3.05) is 51.7 Å². The third-order valence-electron chi connectivity index (χ3n) is 5.39. The van der Waals surface area contributed by atoms with Crippen LogP contribution in [0.15, 0.2) is 42.6 Å². The van der Waals surface area contributed by atoms with Gasteiger partial charge in [-0.15, -0.1) is 0 Å². The zero-order valence-corrected chi connectivity index (χ0v) is 17.9. The van der Waals surface area contributed by atoms with Crippen LogP contribution < -0.4 is 15.4 Å². The van der Waals surface area contributed by atoms with Gasteiger partial charge < -0.3 is 24.8 Å². The summed E-state index contributed by atoms with van der Waals surface area (Å²) < 4.78 is 7.45. The predicted molar refractivity (Wildman–Crippen MR) is 116 cm³/mol. The lowest BCUT2D eigenvalue weighted by atomic mass is 10.1. The standard InChI is InChI=1S/C22H31N5O3/c1-4-30-18-9-7-17(8-10-18)24-22(29)21(28)23-16-20(19-6-5-11-26(19)3)27-14-12-25(2)13-15-27/h5-11,20H,4,12-16H2,1-3H3,(H,23,28)(H,24,29). The quantitative estimate of drug-likeness (QED) is 0.672. The number of benzene rings is 1. The zero-order chi connectivity index (χ0) is 21.5. The number of ether oxygens (including phenoxy) is 1. The molecule has 1 aromatic heterocycles. The highest BCUT2D eigenvalue weighted by Gasteiger charge is 2.26. The normalized spacial score (nSPS) is 16.1. The Hall–Kier alpha value is -2.84. The number of carbonyl (C=O) groups is 2. The van der Waals surface area contributed by atoms with E-state index in [2.05, 4.69) is 38.1 Å². The van der Waals surface area contributed by atoms with Gasteiger partial charge in [0.15, 0.2) is 0 Å². The van der Waals surface area contributed by atoms with Crippen LogP contribution in [-0.4, -0.2) is 72.6 Å². The minimum atomic E-state index is -0.678. The number of aryl methyl sites for hydroxylation is 1. The molecule has 1 unspecified atom stereocenters. The summed E-state index contributed by atoms with van der Waals surface area (Å²) in [6.07, 6.45) is 2.00. The Balaban J connectivity index is 1.59. The molecule has 0 radical (unpaired) electrons. The molecule has 30 heavy (non-hydrogen) atoms. The molecule has 2 heterocycles. The van der Waals surface area contributed by atoms with E-state index in [9.17, 15) is 9.59 Å².